The van der Waals surface area contributed by atoms with Crippen molar-refractivity contribution >= 4 is 11.9 Å². The Morgan fingerprint density at radius 2 is 2.00 bits per heavy atom. The molecule has 6 heteroatoms. The third-order valence-corrected chi connectivity index (χ3v) is 1.74. The Balaban J connectivity index is 3.55. The summed E-state index contributed by atoms with van der Waals surface area (Å²) in [4.78, 5) is 22.9. The number of hydrogen-bond donors (Lipinski definition) is 1. The van der Waals surface area contributed by atoms with E-state index in [2.05, 4.69) is 0 Å². The molecule has 0 aliphatic heterocycles. The molecule has 0 aliphatic carbocycles. The highest BCUT2D eigenvalue weighted by Crippen LogP contribution is 1.90. The van der Waals surface area contributed by atoms with Gasteiger partial charge in [-0.25, -0.2) is 0 Å². The van der Waals surface area contributed by atoms with Gasteiger partial charge in [-0.1, -0.05) is 0 Å². The molecule has 15 heavy (non-hydrogen) atoms. The highest BCUT2D eigenvalue weighted by Gasteiger charge is 2.09. The average Bonchev–Trinajstić information content (AvgIpc) is 2.20. The van der Waals surface area contributed by atoms with Crippen LogP contribution in [0.5, 0.6) is 0 Å². The number of ether oxygens (including phenoxy) is 2. The highest BCUT2D eigenvalue weighted by atomic mass is 16.5. The summed E-state index contributed by atoms with van der Waals surface area (Å²) in [6.45, 7) is 0.947. The monoisotopic (exact) mass is 219 g/mol. The van der Waals surface area contributed by atoms with Crippen molar-refractivity contribution in [3.8, 4) is 0 Å². The molecule has 88 valence electrons. The molecular formula is C9H17NO5. The molecule has 0 unspecified atom stereocenters. The van der Waals surface area contributed by atoms with Crippen LogP contribution in [0, 0.1) is 0 Å². The first-order valence-corrected chi connectivity index (χ1v) is 4.60. The molecule has 0 saturated carbocycles. The molecule has 0 aromatic carbocycles. The van der Waals surface area contributed by atoms with Crippen LogP contribution in [0.2, 0.25) is 0 Å². The fraction of sp³-hybridized carbons (Fsp3) is 0.778. The zero-order valence-corrected chi connectivity index (χ0v) is 9.06. The van der Waals surface area contributed by atoms with Crippen LogP contribution in [0.25, 0.3) is 0 Å². The molecular weight excluding hydrogens is 202 g/mol. The van der Waals surface area contributed by atoms with Crippen molar-refractivity contribution in [1.29, 1.82) is 0 Å². The first-order valence-electron chi connectivity index (χ1n) is 4.60. The molecule has 0 fully saturated rings. The standard InChI is InChI=1S/C9H17NO5/c1-10(4-3-9(12)13)8(11)7-15-6-5-14-2/h3-7H2,1-2H3,(H,12,13). The molecule has 0 radical (unpaired) electrons. The predicted octanol–water partition coefficient (Wildman–Crippen LogP) is -0.417. The molecule has 6 nitrogen and oxygen atoms in total. The number of hydrogen-bond acceptors (Lipinski definition) is 4. The number of aliphatic carboxylic acids is 1. The molecule has 0 spiro atoms. The molecule has 0 bridgehead atoms. The zero-order valence-electron chi connectivity index (χ0n) is 9.06. The minimum Gasteiger partial charge on any atom is -0.481 e. The Bertz CT molecular complexity index is 207. The van der Waals surface area contributed by atoms with Gasteiger partial charge in [-0.3, -0.25) is 9.59 Å². The molecule has 0 atom stereocenters. The average molecular weight is 219 g/mol. The normalized spacial score (nSPS) is 10.0. The van der Waals surface area contributed by atoms with Crippen molar-refractivity contribution in [3.05, 3.63) is 0 Å². The lowest BCUT2D eigenvalue weighted by molar-refractivity contribution is -0.139. The Kier molecular flexibility index (Phi) is 7.57. The van der Waals surface area contributed by atoms with Gasteiger partial charge in [0.05, 0.1) is 19.6 Å². The summed E-state index contributed by atoms with van der Waals surface area (Å²) >= 11 is 0. The number of carbonyl (C=O) groups is 2. The van der Waals surface area contributed by atoms with Crippen LogP contribution < -0.4 is 0 Å². The minimum absolute atomic E-state index is 0.0422. The zero-order chi connectivity index (χ0) is 11.7. The summed E-state index contributed by atoms with van der Waals surface area (Å²) in [6, 6.07) is 0. The van der Waals surface area contributed by atoms with Crippen molar-refractivity contribution in [3.63, 3.8) is 0 Å². The molecule has 0 aliphatic rings. The molecule has 0 saturated heterocycles. The van der Waals surface area contributed by atoms with Crippen molar-refractivity contribution in [1.82, 2.24) is 4.90 Å². The summed E-state index contributed by atoms with van der Waals surface area (Å²) in [7, 11) is 3.09. The number of carboxylic acids is 1. The van der Waals surface area contributed by atoms with Crippen LogP contribution in [-0.4, -0.2) is 62.4 Å². The fourth-order valence-electron chi connectivity index (χ4n) is 0.800. The van der Waals surface area contributed by atoms with E-state index in [1.165, 1.54) is 4.90 Å². The molecule has 0 rings (SSSR count). The first-order chi connectivity index (χ1) is 7.07. The summed E-state index contributed by atoms with van der Waals surface area (Å²) in [5.74, 6) is -1.15. The van der Waals surface area contributed by atoms with Crippen LogP contribution in [0.3, 0.4) is 0 Å². The van der Waals surface area contributed by atoms with E-state index < -0.39 is 5.97 Å². The van der Waals surface area contributed by atoms with E-state index in [-0.39, 0.29) is 25.5 Å². The van der Waals surface area contributed by atoms with E-state index in [1.54, 1.807) is 14.2 Å². The molecule has 0 aromatic rings. The smallest absolute Gasteiger partial charge is 0.305 e. The van der Waals surface area contributed by atoms with Gasteiger partial charge in [0, 0.05) is 20.7 Å². The van der Waals surface area contributed by atoms with Gasteiger partial charge in [0.2, 0.25) is 5.91 Å². The maximum absolute atomic E-state index is 11.3. The first kappa shape index (κ1) is 13.9. The summed E-state index contributed by atoms with van der Waals surface area (Å²) in [5, 5.41) is 8.40. The number of rotatable bonds is 8. The van der Waals surface area contributed by atoms with E-state index in [0.29, 0.717) is 13.2 Å². The van der Waals surface area contributed by atoms with Crippen LogP contribution in [0.15, 0.2) is 0 Å². The minimum atomic E-state index is -0.921. The Morgan fingerprint density at radius 1 is 1.33 bits per heavy atom. The highest BCUT2D eigenvalue weighted by molar-refractivity contribution is 5.77. The van der Waals surface area contributed by atoms with E-state index in [9.17, 15) is 9.59 Å². The SMILES string of the molecule is COCCOCC(=O)N(C)CCC(=O)O. The Hall–Kier alpha value is -1.14. The molecule has 1 amide bonds. The van der Waals surface area contributed by atoms with Crippen LogP contribution in [-0.2, 0) is 19.1 Å². The van der Waals surface area contributed by atoms with Gasteiger partial charge in [-0.05, 0) is 0 Å². The van der Waals surface area contributed by atoms with Crippen LogP contribution >= 0.6 is 0 Å². The summed E-state index contributed by atoms with van der Waals surface area (Å²) in [5.41, 5.74) is 0. The van der Waals surface area contributed by atoms with E-state index in [0.717, 1.165) is 0 Å². The van der Waals surface area contributed by atoms with Crippen LogP contribution in [0.4, 0.5) is 0 Å². The molecule has 0 heterocycles. The third kappa shape index (κ3) is 7.90. The van der Waals surface area contributed by atoms with E-state index >= 15 is 0 Å². The van der Waals surface area contributed by atoms with Crippen molar-refractivity contribution in [2.75, 3.05) is 40.5 Å². The maximum atomic E-state index is 11.3. The lowest BCUT2D eigenvalue weighted by Gasteiger charge is -2.15. The van der Waals surface area contributed by atoms with Gasteiger partial charge < -0.3 is 19.5 Å². The second-order valence-electron chi connectivity index (χ2n) is 3.00. The quantitative estimate of drug-likeness (QED) is 0.561. The summed E-state index contributed by atoms with van der Waals surface area (Å²) < 4.78 is 9.74. The third-order valence-electron chi connectivity index (χ3n) is 1.74. The largest absolute Gasteiger partial charge is 0.481 e. The fourth-order valence-corrected chi connectivity index (χ4v) is 0.800. The summed E-state index contributed by atoms with van der Waals surface area (Å²) in [6.07, 6.45) is -0.0552. The van der Waals surface area contributed by atoms with Crippen molar-refractivity contribution in [2.24, 2.45) is 0 Å². The van der Waals surface area contributed by atoms with Crippen molar-refractivity contribution in [2.45, 2.75) is 6.42 Å². The second kappa shape index (κ2) is 8.19. The van der Waals surface area contributed by atoms with Gasteiger partial charge in [0.15, 0.2) is 0 Å². The molecule has 1 N–H and O–H groups in total. The van der Waals surface area contributed by atoms with Crippen LogP contribution in [0.1, 0.15) is 6.42 Å². The number of carboxylic acid groups (broad SMARTS) is 1. The van der Waals surface area contributed by atoms with Gasteiger partial charge in [-0.2, -0.15) is 0 Å². The maximum Gasteiger partial charge on any atom is 0.305 e. The van der Waals surface area contributed by atoms with E-state index in [4.69, 9.17) is 14.6 Å². The number of amides is 1. The topological polar surface area (TPSA) is 76.1 Å². The van der Waals surface area contributed by atoms with E-state index in [1.807, 2.05) is 0 Å². The lowest BCUT2D eigenvalue weighted by Crippen LogP contribution is -2.32. The Morgan fingerprint density at radius 3 is 2.53 bits per heavy atom. The number of likely N-dealkylation sites (N-methyl/N-ethyl adjacent to an activating group) is 1. The lowest BCUT2D eigenvalue weighted by atomic mass is 10.4. The Labute approximate surface area is 88.8 Å². The predicted molar refractivity (Wildman–Crippen MR) is 52.6 cm³/mol. The van der Waals surface area contributed by atoms with Gasteiger partial charge in [0.25, 0.3) is 0 Å². The molecule has 0 aromatic heterocycles. The van der Waals surface area contributed by atoms with Crippen molar-refractivity contribution < 1.29 is 24.2 Å². The number of methoxy groups -OCH3 is 1. The van der Waals surface area contributed by atoms with Gasteiger partial charge in [-0.15, -0.1) is 0 Å². The number of nitrogens with zero attached hydrogens (tertiary/aromatic N) is 1. The number of carbonyl (C=O) groups excluding carboxylic acids is 1. The second-order valence-corrected chi connectivity index (χ2v) is 3.00. The van der Waals surface area contributed by atoms with Gasteiger partial charge in [0.1, 0.15) is 6.61 Å². The van der Waals surface area contributed by atoms with Gasteiger partial charge >= 0.3 is 5.97 Å².